The average Bonchev–Trinajstić information content (AvgIpc) is 3.31. The van der Waals surface area contributed by atoms with Crippen molar-refractivity contribution >= 4 is 29.0 Å². The molecule has 1 N–H and O–H groups in total. The van der Waals surface area contributed by atoms with Crippen molar-refractivity contribution < 1.29 is 9.53 Å². The summed E-state index contributed by atoms with van der Waals surface area (Å²) in [7, 11) is 0. The van der Waals surface area contributed by atoms with Crippen molar-refractivity contribution in [3.63, 3.8) is 0 Å². The average molecular weight is 364 g/mol. The Balaban J connectivity index is 1.52. The summed E-state index contributed by atoms with van der Waals surface area (Å²) in [4.78, 5) is 12.3. The van der Waals surface area contributed by atoms with Crippen molar-refractivity contribution in [1.82, 2.24) is 15.5 Å². The number of carbonyl (C=O) groups is 1. The molecule has 2 aromatic rings. The third-order valence-electron chi connectivity index (χ3n) is 3.62. The van der Waals surface area contributed by atoms with Gasteiger partial charge in [0.25, 0.3) is 5.19 Å². The molecule has 1 saturated carbocycles. The molecule has 0 unspecified atom stereocenters. The maximum Gasteiger partial charge on any atom is 0.295 e. The van der Waals surface area contributed by atoms with E-state index in [9.17, 15) is 4.79 Å². The molecule has 1 aliphatic carbocycles. The van der Waals surface area contributed by atoms with Crippen molar-refractivity contribution in [2.75, 3.05) is 5.75 Å². The molecule has 1 fully saturated rings. The largest absolute Gasteiger partial charge is 0.466 e. The molecular formula is C17H21N3O2S2. The summed E-state index contributed by atoms with van der Waals surface area (Å²) in [5.41, 5.74) is 1.18. The molecule has 1 amide bonds. The lowest BCUT2D eigenvalue weighted by atomic mass is 10.0. The highest BCUT2D eigenvalue weighted by atomic mass is 32.2. The Kier molecular flexibility index (Phi) is 5.73. The van der Waals surface area contributed by atoms with E-state index in [1.165, 1.54) is 41.5 Å². The quantitative estimate of drug-likeness (QED) is 0.725. The number of nitrogens with zero attached hydrogens (tertiary/aromatic N) is 2. The number of thioether (sulfide) groups is 1. The van der Waals surface area contributed by atoms with Crippen LogP contribution in [-0.4, -0.2) is 28.0 Å². The van der Waals surface area contributed by atoms with Gasteiger partial charge in [-0.1, -0.05) is 47.2 Å². The van der Waals surface area contributed by atoms with E-state index in [0.717, 1.165) is 4.34 Å². The van der Waals surface area contributed by atoms with Crippen LogP contribution in [0.3, 0.4) is 0 Å². The first kappa shape index (κ1) is 17.2. The molecule has 7 heteroatoms. The topological polar surface area (TPSA) is 64.1 Å². The number of carbonyl (C=O) groups excluding carboxylic acids is 1. The van der Waals surface area contributed by atoms with Gasteiger partial charge in [0.2, 0.25) is 5.91 Å². The predicted octanol–water partition coefficient (Wildman–Crippen LogP) is 3.68. The second-order valence-electron chi connectivity index (χ2n) is 6.08. The fourth-order valence-corrected chi connectivity index (χ4v) is 4.03. The summed E-state index contributed by atoms with van der Waals surface area (Å²) in [6.45, 7) is 3.90. The number of nitrogens with one attached hydrogen (secondary N) is 1. The molecule has 1 aliphatic rings. The van der Waals surface area contributed by atoms with Gasteiger partial charge in [0.05, 0.1) is 17.9 Å². The number of hydrogen-bond acceptors (Lipinski definition) is 6. The third kappa shape index (κ3) is 4.95. The summed E-state index contributed by atoms with van der Waals surface area (Å²) >= 11 is 2.77. The Morgan fingerprint density at radius 3 is 2.75 bits per heavy atom. The van der Waals surface area contributed by atoms with Crippen LogP contribution in [0.15, 0.2) is 34.7 Å². The van der Waals surface area contributed by atoms with Gasteiger partial charge in [0.1, 0.15) is 0 Å². The second kappa shape index (κ2) is 7.98. The van der Waals surface area contributed by atoms with Gasteiger partial charge in [0, 0.05) is 0 Å². The predicted molar refractivity (Wildman–Crippen MR) is 96.4 cm³/mol. The van der Waals surface area contributed by atoms with Crippen LogP contribution >= 0.6 is 23.1 Å². The highest BCUT2D eigenvalue weighted by Crippen LogP contribution is 2.41. The minimum atomic E-state index is 0.0299. The SMILES string of the molecule is CC(C)Oc1nnc(SCC(=O)N[C@@H](c2ccccc2)C2CC2)s1. The van der Waals surface area contributed by atoms with E-state index >= 15 is 0 Å². The first-order valence-corrected chi connectivity index (χ1v) is 9.89. The van der Waals surface area contributed by atoms with Crippen molar-refractivity contribution in [3.05, 3.63) is 35.9 Å². The van der Waals surface area contributed by atoms with E-state index in [4.69, 9.17) is 4.74 Å². The monoisotopic (exact) mass is 363 g/mol. The lowest BCUT2D eigenvalue weighted by Crippen LogP contribution is -2.31. The lowest BCUT2D eigenvalue weighted by molar-refractivity contribution is -0.119. The standard InChI is InChI=1S/C17H21N3O2S2/c1-11(2)22-16-19-20-17(24-16)23-10-14(21)18-15(13-8-9-13)12-6-4-3-5-7-12/h3-7,11,13,15H,8-10H2,1-2H3,(H,18,21)/t15-/m0/s1. The van der Waals surface area contributed by atoms with Crippen molar-refractivity contribution in [3.8, 4) is 5.19 Å². The molecule has 1 aromatic carbocycles. The van der Waals surface area contributed by atoms with E-state index in [2.05, 4.69) is 27.6 Å². The molecule has 1 aromatic heterocycles. The number of amides is 1. The Hall–Kier alpha value is -1.60. The van der Waals surface area contributed by atoms with Crippen LogP contribution in [0.5, 0.6) is 5.19 Å². The summed E-state index contributed by atoms with van der Waals surface area (Å²) in [5, 5.41) is 11.7. The maximum absolute atomic E-state index is 12.3. The van der Waals surface area contributed by atoms with Gasteiger partial charge in [-0.05, 0) is 49.5 Å². The molecule has 128 valence electrons. The van der Waals surface area contributed by atoms with Crippen LogP contribution in [-0.2, 0) is 4.79 Å². The van der Waals surface area contributed by atoms with Crippen molar-refractivity contribution in [2.45, 2.75) is 43.2 Å². The highest BCUT2D eigenvalue weighted by molar-refractivity contribution is 8.01. The summed E-state index contributed by atoms with van der Waals surface area (Å²) < 4.78 is 6.25. The first-order chi connectivity index (χ1) is 11.6. The molecule has 0 radical (unpaired) electrons. The molecule has 0 saturated heterocycles. The van der Waals surface area contributed by atoms with Gasteiger partial charge >= 0.3 is 0 Å². The second-order valence-corrected chi connectivity index (χ2v) is 8.24. The van der Waals surface area contributed by atoms with Crippen LogP contribution in [0, 0.1) is 5.92 Å². The van der Waals surface area contributed by atoms with E-state index in [1.54, 1.807) is 0 Å². The van der Waals surface area contributed by atoms with Crippen LogP contribution in [0.1, 0.15) is 38.3 Å². The lowest BCUT2D eigenvalue weighted by Gasteiger charge is -2.18. The van der Waals surface area contributed by atoms with Crippen LogP contribution < -0.4 is 10.1 Å². The Morgan fingerprint density at radius 2 is 2.08 bits per heavy atom. The highest BCUT2D eigenvalue weighted by Gasteiger charge is 2.33. The van der Waals surface area contributed by atoms with Crippen LogP contribution in [0.2, 0.25) is 0 Å². The Morgan fingerprint density at radius 1 is 1.33 bits per heavy atom. The minimum Gasteiger partial charge on any atom is -0.466 e. The zero-order chi connectivity index (χ0) is 16.9. The molecule has 0 aliphatic heterocycles. The molecule has 5 nitrogen and oxygen atoms in total. The van der Waals surface area contributed by atoms with Crippen molar-refractivity contribution in [2.24, 2.45) is 5.92 Å². The number of rotatable bonds is 8. The van der Waals surface area contributed by atoms with Gasteiger partial charge in [-0.2, -0.15) is 0 Å². The van der Waals surface area contributed by atoms with Crippen molar-refractivity contribution in [1.29, 1.82) is 0 Å². The van der Waals surface area contributed by atoms with E-state index in [0.29, 0.717) is 16.9 Å². The Labute approximate surface area is 150 Å². The molecule has 0 spiro atoms. The number of benzene rings is 1. The molecule has 0 bridgehead atoms. The van der Waals surface area contributed by atoms with Gasteiger partial charge < -0.3 is 10.1 Å². The number of hydrogen-bond donors (Lipinski definition) is 1. The number of ether oxygens (including phenoxy) is 1. The molecule has 24 heavy (non-hydrogen) atoms. The van der Waals surface area contributed by atoms with E-state index in [-0.39, 0.29) is 18.1 Å². The van der Waals surface area contributed by atoms with Crippen LogP contribution in [0.25, 0.3) is 0 Å². The van der Waals surface area contributed by atoms with E-state index in [1.807, 2.05) is 32.0 Å². The van der Waals surface area contributed by atoms with E-state index < -0.39 is 0 Å². The molecule has 3 rings (SSSR count). The first-order valence-electron chi connectivity index (χ1n) is 8.09. The maximum atomic E-state index is 12.3. The summed E-state index contributed by atoms with van der Waals surface area (Å²) in [6, 6.07) is 10.3. The fraction of sp³-hybridized carbons (Fsp3) is 0.471. The van der Waals surface area contributed by atoms with Gasteiger partial charge in [0.15, 0.2) is 4.34 Å². The Bertz CT molecular complexity index is 671. The minimum absolute atomic E-state index is 0.0299. The van der Waals surface area contributed by atoms with Gasteiger partial charge in [-0.15, -0.1) is 5.10 Å². The number of aromatic nitrogens is 2. The fourth-order valence-electron chi connectivity index (χ4n) is 2.41. The summed E-state index contributed by atoms with van der Waals surface area (Å²) in [5.74, 6) is 0.933. The normalized spacial score (nSPS) is 15.3. The zero-order valence-corrected chi connectivity index (χ0v) is 15.4. The van der Waals surface area contributed by atoms with Crippen LogP contribution in [0.4, 0.5) is 0 Å². The third-order valence-corrected chi connectivity index (χ3v) is 5.57. The molecular weight excluding hydrogens is 342 g/mol. The smallest absolute Gasteiger partial charge is 0.295 e. The van der Waals surface area contributed by atoms with Gasteiger partial charge in [-0.3, -0.25) is 4.79 Å². The summed E-state index contributed by atoms with van der Waals surface area (Å²) in [6.07, 6.45) is 2.43. The van der Waals surface area contributed by atoms with Gasteiger partial charge in [-0.25, -0.2) is 0 Å². The molecule has 1 atom stereocenters. The molecule has 1 heterocycles. The zero-order valence-electron chi connectivity index (χ0n) is 13.8.